The highest BCUT2D eigenvalue weighted by molar-refractivity contribution is 7.19. The summed E-state index contributed by atoms with van der Waals surface area (Å²) in [5, 5.41) is 4.40. The number of hydrogen-bond acceptors (Lipinski definition) is 8. The third-order valence-electron chi connectivity index (χ3n) is 4.99. The normalized spacial score (nSPS) is 13.6. The van der Waals surface area contributed by atoms with E-state index in [0.29, 0.717) is 11.5 Å². The van der Waals surface area contributed by atoms with Crippen molar-refractivity contribution in [2.45, 2.75) is 39.2 Å². The molecule has 142 valence electrons. The maximum Gasteiger partial charge on any atom is 0.183 e. The number of rotatable bonds is 4. The second-order valence-electron chi connectivity index (χ2n) is 7.09. The molecule has 0 bridgehead atoms. The Kier molecular flexibility index (Phi) is 4.52. The van der Waals surface area contributed by atoms with Crippen LogP contribution in [0.4, 0.5) is 5.82 Å². The number of nitrogens with zero attached hydrogens (tertiary/aromatic N) is 6. The topological polar surface area (TPSA) is 67.7 Å². The van der Waals surface area contributed by atoms with Crippen molar-refractivity contribution in [3.63, 3.8) is 0 Å². The van der Waals surface area contributed by atoms with Gasteiger partial charge in [0, 0.05) is 35.4 Å². The van der Waals surface area contributed by atoms with E-state index in [9.17, 15) is 0 Å². The van der Waals surface area contributed by atoms with Crippen molar-refractivity contribution in [3.8, 4) is 11.5 Å². The zero-order chi connectivity index (χ0) is 19.1. The van der Waals surface area contributed by atoms with E-state index >= 15 is 0 Å². The molecule has 1 aliphatic carbocycles. The fourth-order valence-electron chi connectivity index (χ4n) is 3.70. The molecule has 0 aliphatic heterocycles. The molecule has 5 rings (SSSR count). The van der Waals surface area contributed by atoms with Crippen molar-refractivity contribution in [1.29, 1.82) is 0 Å². The van der Waals surface area contributed by atoms with Crippen LogP contribution in [-0.4, -0.2) is 32.0 Å². The molecule has 8 heteroatoms. The first-order chi connectivity index (χ1) is 13.7. The molecule has 4 heterocycles. The van der Waals surface area contributed by atoms with Crippen LogP contribution in [0.15, 0.2) is 24.0 Å². The maximum atomic E-state index is 4.95. The van der Waals surface area contributed by atoms with Gasteiger partial charge in [-0.15, -0.1) is 22.7 Å². The van der Waals surface area contributed by atoms with Crippen LogP contribution >= 0.6 is 22.7 Å². The van der Waals surface area contributed by atoms with Crippen LogP contribution in [0.1, 0.15) is 34.0 Å². The van der Waals surface area contributed by atoms with E-state index in [-0.39, 0.29) is 0 Å². The number of aromatic nitrogens is 5. The second-order valence-corrected chi connectivity index (χ2v) is 9.12. The van der Waals surface area contributed by atoms with Crippen molar-refractivity contribution in [2.24, 2.45) is 0 Å². The molecule has 0 N–H and O–H groups in total. The molecule has 0 saturated heterocycles. The van der Waals surface area contributed by atoms with Crippen LogP contribution in [0.25, 0.3) is 21.7 Å². The predicted molar refractivity (Wildman–Crippen MR) is 114 cm³/mol. The molecule has 0 spiro atoms. The molecule has 0 amide bonds. The third kappa shape index (κ3) is 3.16. The minimum Gasteiger partial charge on any atom is -0.352 e. The van der Waals surface area contributed by atoms with Gasteiger partial charge in [0.15, 0.2) is 5.82 Å². The molecule has 0 saturated carbocycles. The number of hydrogen-bond donors (Lipinski definition) is 0. The smallest absolute Gasteiger partial charge is 0.183 e. The lowest BCUT2D eigenvalue weighted by Crippen LogP contribution is -2.19. The Labute approximate surface area is 171 Å². The van der Waals surface area contributed by atoms with Gasteiger partial charge in [0.05, 0.1) is 18.1 Å². The molecule has 6 nitrogen and oxygen atoms in total. The summed E-state index contributed by atoms with van der Waals surface area (Å²) in [6.07, 6.45) is 9.83. The summed E-state index contributed by atoms with van der Waals surface area (Å²) in [6.45, 7) is 2.76. The van der Waals surface area contributed by atoms with Gasteiger partial charge in [-0.3, -0.25) is 4.98 Å². The molecule has 0 unspecified atom stereocenters. The molecule has 4 aromatic rings. The van der Waals surface area contributed by atoms with Crippen molar-refractivity contribution in [2.75, 3.05) is 11.9 Å². The Morgan fingerprint density at radius 2 is 2.00 bits per heavy atom. The SMILES string of the molecule is Cc1csc(CN(C)c2nc(-c3cnccn3)nc3sc4c(c23)CCCC4)n1. The van der Waals surface area contributed by atoms with Gasteiger partial charge >= 0.3 is 0 Å². The molecule has 4 aromatic heterocycles. The molecule has 28 heavy (non-hydrogen) atoms. The summed E-state index contributed by atoms with van der Waals surface area (Å²) in [5.41, 5.74) is 3.21. The van der Waals surface area contributed by atoms with Gasteiger partial charge in [0.25, 0.3) is 0 Å². The number of thiophene rings is 1. The number of aryl methyl sites for hydroxylation is 3. The van der Waals surface area contributed by atoms with Gasteiger partial charge in [0.1, 0.15) is 21.3 Å². The standard InChI is InChI=1S/C20H20N6S2/c1-12-11-27-16(23-12)10-26(2)19-17-13-5-3-4-6-15(13)28-20(17)25-18(24-19)14-9-21-7-8-22-14/h7-9,11H,3-6,10H2,1-2H3. The van der Waals surface area contributed by atoms with E-state index in [1.165, 1.54) is 28.7 Å². The maximum absolute atomic E-state index is 4.95. The predicted octanol–water partition coefficient (Wildman–Crippen LogP) is 4.43. The highest BCUT2D eigenvalue weighted by Crippen LogP contribution is 2.40. The summed E-state index contributed by atoms with van der Waals surface area (Å²) in [6, 6.07) is 0. The summed E-state index contributed by atoms with van der Waals surface area (Å²) < 4.78 is 0. The molecule has 0 aromatic carbocycles. The highest BCUT2D eigenvalue weighted by atomic mass is 32.1. The molecule has 1 aliphatic rings. The van der Waals surface area contributed by atoms with E-state index in [1.807, 2.05) is 18.3 Å². The minimum absolute atomic E-state index is 0.636. The average molecular weight is 409 g/mol. The zero-order valence-electron chi connectivity index (χ0n) is 15.8. The summed E-state index contributed by atoms with van der Waals surface area (Å²) in [5.74, 6) is 1.61. The van der Waals surface area contributed by atoms with Crippen molar-refractivity contribution < 1.29 is 0 Å². The Balaban J connectivity index is 1.66. The van der Waals surface area contributed by atoms with Gasteiger partial charge < -0.3 is 4.90 Å². The minimum atomic E-state index is 0.636. The highest BCUT2D eigenvalue weighted by Gasteiger charge is 2.23. The lowest BCUT2D eigenvalue weighted by Gasteiger charge is -2.20. The number of thiazole rings is 1. The van der Waals surface area contributed by atoms with Crippen LogP contribution in [0, 0.1) is 6.92 Å². The fraction of sp³-hybridized carbons (Fsp3) is 0.350. The third-order valence-corrected chi connectivity index (χ3v) is 7.13. The van der Waals surface area contributed by atoms with Crippen molar-refractivity contribution in [1.82, 2.24) is 24.9 Å². The first-order valence-electron chi connectivity index (χ1n) is 9.40. The van der Waals surface area contributed by atoms with Gasteiger partial charge in [-0.2, -0.15) is 0 Å². The van der Waals surface area contributed by atoms with E-state index in [0.717, 1.165) is 40.7 Å². The quantitative estimate of drug-likeness (QED) is 0.498. The second kappa shape index (κ2) is 7.18. The van der Waals surface area contributed by atoms with Crippen LogP contribution in [0.3, 0.4) is 0 Å². The zero-order valence-corrected chi connectivity index (χ0v) is 17.5. The van der Waals surface area contributed by atoms with Crippen LogP contribution < -0.4 is 4.90 Å². The molecule has 0 radical (unpaired) electrons. The fourth-order valence-corrected chi connectivity index (χ4v) is 5.78. The summed E-state index contributed by atoms with van der Waals surface area (Å²) in [4.78, 5) is 27.8. The van der Waals surface area contributed by atoms with E-state index < -0.39 is 0 Å². The largest absolute Gasteiger partial charge is 0.352 e. The number of fused-ring (bicyclic) bond motifs is 3. The van der Waals surface area contributed by atoms with Crippen molar-refractivity contribution >= 4 is 38.7 Å². The van der Waals surface area contributed by atoms with Gasteiger partial charge in [0.2, 0.25) is 0 Å². The summed E-state index contributed by atoms with van der Waals surface area (Å²) >= 11 is 3.50. The van der Waals surface area contributed by atoms with Crippen LogP contribution in [-0.2, 0) is 19.4 Å². The first-order valence-corrected chi connectivity index (χ1v) is 11.1. The van der Waals surface area contributed by atoms with E-state index in [1.54, 1.807) is 29.9 Å². The molecule has 0 fully saturated rings. The van der Waals surface area contributed by atoms with Crippen LogP contribution in [0.2, 0.25) is 0 Å². The summed E-state index contributed by atoms with van der Waals surface area (Å²) in [7, 11) is 2.09. The molecule has 0 atom stereocenters. The van der Waals surface area contributed by atoms with Gasteiger partial charge in [-0.05, 0) is 38.2 Å². The monoisotopic (exact) mass is 408 g/mol. The van der Waals surface area contributed by atoms with Gasteiger partial charge in [-0.1, -0.05) is 0 Å². The van der Waals surface area contributed by atoms with Crippen molar-refractivity contribution in [3.05, 3.63) is 45.1 Å². The average Bonchev–Trinajstić information content (AvgIpc) is 3.30. The lowest BCUT2D eigenvalue weighted by atomic mass is 9.97. The molecular weight excluding hydrogens is 388 g/mol. The Hall–Kier alpha value is -2.45. The Morgan fingerprint density at radius 3 is 2.79 bits per heavy atom. The Bertz CT molecular complexity index is 1130. The Morgan fingerprint density at radius 1 is 1.11 bits per heavy atom. The number of anilines is 1. The van der Waals surface area contributed by atoms with E-state index in [2.05, 4.69) is 32.3 Å². The van der Waals surface area contributed by atoms with Crippen LogP contribution in [0.5, 0.6) is 0 Å². The van der Waals surface area contributed by atoms with E-state index in [4.69, 9.17) is 9.97 Å². The van der Waals surface area contributed by atoms with Gasteiger partial charge in [-0.25, -0.2) is 19.9 Å². The lowest BCUT2D eigenvalue weighted by molar-refractivity contribution is 0.700. The first kappa shape index (κ1) is 17.6. The molecular formula is C20H20N6S2.